The first-order valence-corrected chi connectivity index (χ1v) is 18.8. The van der Waals surface area contributed by atoms with Crippen LogP contribution in [0.3, 0.4) is 0 Å². The van der Waals surface area contributed by atoms with Gasteiger partial charge in [-0.15, -0.1) is 11.3 Å². The molecule has 0 saturated heterocycles. The lowest BCUT2D eigenvalue weighted by Crippen LogP contribution is -2.00. The van der Waals surface area contributed by atoms with Gasteiger partial charge in [0.1, 0.15) is 0 Å². The molecular formula is C51H33N3S. The summed E-state index contributed by atoms with van der Waals surface area (Å²) in [4.78, 5) is 14.6. The number of nitrogens with zero attached hydrogens (tertiary/aromatic N) is 3. The van der Waals surface area contributed by atoms with E-state index in [-0.39, 0.29) is 23.5 Å². The molecule has 0 aliphatic heterocycles. The lowest BCUT2D eigenvalue weighted by atomic mass is 9.96. The fourth-order valence-corrected chi connectivity index (χ4v) is 8.22. The molecule has 0 fully saturated rings. The van der Waals surface area contributed by atoms with Gasteiger partial charge in [0.2, 0.25) is 0 Å². The number of thiophene rings is 1. The predicted molar refractivity (Wildman–Crippen MR) is 231 cm³/mol. The zero-order valence-corrected chi connectivity index (χ0v) is 30.2. The number of benzene rings is 8. The topological polar surface area (TPSA) is 38.7 Å². The van der Waals surface area contributed by atoms with Gasteiger partial charge in [-0.3, -0.25) is 0 Å². The maximum atomic E-state index is 8.78. The van der Waals surface area contributed by atoms with Crippen LogP contribution in [0, 0.1) is 0 Å². The molecular weight excluding hydrogens is 687 g/mol. The second-order valence-electron chi connectivity index (χ2n) is 13.3. The molecule has 55 heavy (non-hydrogen) atoms. The van der Waals surface area contributed by atoms with Crippen molar-refractivity contribution in [2.24, 2.45) is 0 Å². The van der Waals surface area contributed by atoms with Crippen LogP contribution < -0.4 is 0 Å². The summed E-state index contributed by atoms with van der Waals surface area (Å²) in [7, 11) is 0. The lowest BCUT2D eigenvalue weighted by Gasteiger charge is -2.10. The Bertz CT molecular complexity index is 3210. The molecule has 3 nitrogen and oxygen atoms in total. The summed E-state index contributed by atoms with van der Waals surface area (Å²) < 4.78 is 44.8. The van der Waals surface area contributed by atoms with E-state index in [0.29, 0.717) is 22.8 Å². The van der Waals surface area contributed by atoms with Gasteiger partial charge in [-0.05, 0) is 74.8 Å². The molecule has 8 aromatic carbocycles. The van der Waals surface area contributed by atoms with Gasteiger partial charge in [0, 0.05) is 36.9 Å². The van der Waals surface area contributed by atoms with Crippen molar-refractivity contribution < 1.29 is 6.85 Å². The second-order valence-corrected chi connectivity index (χ2v) is 14.3. The van der Waals surface area contributed by atoms with Crippen LogP contribution in [-0.2, 0) is 0 Å². The molecule has 0 atom stereocenters. The Morgan fingerprint density at radius 3 is 1.45 bits per heavy atom. The van der Waals surface area contributed by atoms with E-state index in [4.69, 9.17) is 21.8 Å². The molecule has 0 spiro atoms. The highest BCUT2D eigenvalue weighted by molar-refractivity contribution is 7.26. The molecule has 258 valence electrons. The maximum Gasteiger partial charge on any atom is 0.164 e. The highest BCUT2D eigenvalue weighted by Crippen LogP contribution is 2.42. The van der Waals surface area contributed by atoms with Gasteiger partial charge in [0.25, 0.3) is 0 Å². The zero-order valence-electron chi connectivity index (χ0n) is 34.4. The number of fused-ring (bicyclic) bond motifs is 3. The van der Waals surface area contributed by atoms with E-state index in [9.17, 15) is 0 Å². The normalized spacial score (nSPS) is 12.5. The third-order valence-electron chi connectivity index (χ3n) is 9.86. The molecule has 0 unspecified atom stereocenters. The van der Waals surface area contributed by atoms with Gasteiger partial charge >= 0.3 is 0 Å². The van der Waals surface area contributed by atoms with Crippen LogP contribution in [-0.4, -0.2) is 15.0 Å². The highest BCUT2D eigenvalue weighted by atomic mass is 32.1. The van der Waals surface area contributed by atoms with Gasteiger partial charge in [-0.25, -0.2) is 15.0 Å². The summed E-state index contributed by atoms with van der Waals surface area (Å²) in [5.74, 6) is 0.654. The minimum atomic E-state index is -0.475. The van der Waals surface area contributed by atoms with E-state index in [1.54, 1.807) is 11.3 Å². The summed E-state index contributed by atoms with van der Waals surface area (Å²) in [6.07, 6.45) is 0. The number of hydrogen-bond acceptors (Lipinski definition) is 4. The zero-order chi connectivity index (χ0) is 40.9. The van der Waals surface area contributed by atoms with Crippen LogP contribution in [0.15, 0.2) is 200 Å². The Kier molecular flexibility index (Phi) is 7.06. The maximum absolute atomic E-state index is 8.78. The van der Waals surface area contributed by atoms with Crippen molar-refractivity contribution in [1.82, 2.24) is 15.0 Å². The average Bonchev–Trinajstić information content (AvgIpc) is 3.69. The summed E-state index contributed by atoms with van der Waals surface area (Å²) in [5.41, 5.74) is 10.2. The minimum Gasteiger partial charge on any atom is -0.208 e. The Balaban J connectivity index is 1.09. The molecule has 2 heterocycles. The van der Waals surface area contributed by atoms with Gasteiger partial charge in [0.05, 0.1) is 6.85 Å². The molecule has 0 bridgehead atoms. The molecule has 10 aromatic rings. The Hall–Kier alpha value is -7.01. The van der Waals surface area contributed by atoms with Crippen molar-refractivity contribution in [3.8, 4) is 78.7 Å². The van der Waals surface area contributed by atoms with Crippen LogP contribution in [0.1, 0.15) is 6.85 Å². The second kappa shape index (κ2) is 14.1. The largest absolute Gasteiger partial charge is 0.208 e. The average molecular weight is 725 g/mol. The molecule has 0 radical (unpaired) electrons. The van der Waals surface area contributed by atoms with Crippen molar-refractivity contribution in [2.75, 3.05) is 0 Å². The quantitative estimate of drug-likeness (QED) is 0.164. The molecule has 0 N–H and O–H groups in total. The smallest absolute Gasteiger partial charge is 0.164 e. The Morgan fingerprint density at radius 1 is 0.345 bits per heavy atom. The molecule has 0 amide bonds. The van der Waals surface area contributed by atoms with Crippen LogP contribution >= 0.6 is 11.3 Å². The molecule has 0 aliphatic carbocycles. The molecule has 0 aliphatic rings. The first-order chi connectivity index (χ1) is 29.3. The summed E-state index contributed by atoms with van der Waals surface area (Å²) in [5, 5.41) is 2.16. The van der Waals surface area contributed by atoms with Crippen LogP contribution in [0.5, 0.6) is 0 Å². The van der Waals surface area contributed by atoms with Gasteiger partial charge in [-0.1, -0.05) is 170 Å². The van der Waals surface area contributed by atoms with E-state index in [0.717, 1.165) is 53.6 Å². The van der Waals surface area contributed by atoms with E-state index in [1.807, 2.05) is 66.7 Å². The monoisotopic (exact) mass is 724 g/mol. The van der Waals surface area contributed by atoms with Gasteiger partial charge in [0.15, 0.2) is 17.5 Å². The number of hydrogen-bond donors (Lipinski definition) is 0. The van der Waals surface area contributed by atoms with Crippen molar-refractivity contribution in [3.63, 3.8) is 0 Å². The molecule has 10 rings (SSSR count). The fourth-order valence-electron chi connectivity index (χ4n) is 7.11. The highest BCUT2D eigenvalue weighted by Gasteiger charge is 2.16. The number of rotatable bonds is 7. The molecule has 0 saturated carbocycles. The van der Waals surface area contributed by atoms with Crippen molar-refractivity contribution >= 4 is 31.5 Å². The minimum absolute atomic E-state index is 0.00266. The van der Waals surface area contributed by atoms with Gasteiger partial charge < -0.3 is 0 Å². The SMILES string of the molecule is [2H]c1c([2H])c([2H])c(-c2nc(-c3cccc(-c4ccccc4)c3)nc(-c3ccc4sc5cccc(-c6ccc(-c7ccc(-c8ccccc8)cc7)cc6)c5c4c3)n2)c([2H])c1[2H]. The lowest BCUT2D eigenvalue weighted by molar-refractivity contribution is 1.07. The predicted octanol–water partition coefficient (Wildman–Crippen LogP) is 13.9. The third-order valence-corrected chi connectivity index (χ3v) is 11.0. The molecule has 4 heteroatoms. The molecule has 2 aromatic heterocycles. The van der Waals surface area contributed by atoms with E-state index in [2.05, 4.69) is 103 Å². The Morgan fingerprint density at radius 2 is 0.818 bits per heavy atom. The van der Waals surface area contributed by atoms with Gasteiger partial charge in [-0.2, -0.15) is 0 Å². The summed E-state index contributed by atoms with van der Waals surface area (Å²) in [6, 6.07) is 56.0. The van der Waals surface area contributed by atoms with E-state index >= 15 is 0 Å². The summed E-state index contributed by atoms with van der Waals surface area (Å²) in [6.45, 7) is 0. The number of aromatic nitrogens is 3. The van der Waals surface area contributed by atoms with E-state index in [1.165, 1.54) is 11.1 Å². The standard InChI is InChI=1S/C51H33N3S/c1-4-12-34(13-5-1)36-22-24-37(25-23-36)38-26-28-39(29-27-38)44-20-11-21-47-48(44)45-33-43(30-31-46(45)55-47)51-53-49(40-16-8-3-9-17-40)52-50(54-51)42-19-10-18-41(32-42)35-14-6-2-7-15-35/h1-33H/i3D,8D,9D,16D,17D. The third kappa shape index (κ3) is 6.39. The fraction of sp³-hybridized carbons (Fsp3) is 0. The van der Waals surface area contributed by atoms with Crippen LogP contribution in [0.25, 0.3) is 98.8 Å². The van der Waals surface area contributed by atoms with E-state index < -0.39 is 18.1 Å². The van der Waals surface area contributed by atoms with Crippen LogP contribution in [0.2, 0.25) is 0 Å². The van der Waals surface area contributed by atoms with Crippen molar-refractivity contribution in [3.05, 3.63) is 200 Å². The van der Waals surface area contributed by atoms with Crippen LogP contribution in [0.4, 0.5) is 0 Å². The van der Waals surface area contributed by atoms with Crippen molar-refractivity contribution in [2.45, 2.75) is 0 Å². The first-order valence-electron chi connectivity index (χ1n) is 20.5. The summed E-state index contributed by atoms with van der Waals surface area (Å²) >= 11 is 1.72. The first kappa shape index (κ1) is 27.6. The Labute approximate surface area is 331 Å². The van der Waals surface area contributed by atoms with Crippen molar-refractivity contribution in [1.29, 1.82) is 0 Å².